The lowest BCUT2D eigenvalue weighted by atomic mass is 9.93. The van der Waals surface area contributed by atoms with Crippen molar-refractivity contribution in [1.82, 2.24) is 0 Å². The van der Waals surface area contributed by atoms with Crippen LogP contribution >= 0.6 is 0 Å². The van der Waals surface area contributed by atoms with Crippen molar-refractivity contribution in [2.24, 2.45) is 5.92 Å². The van der Waals surface area contributed by atoms with E-state index in [-0.39, 0.29) is 5.92 Å². The number of hydrogen-bond donors (Lipinski definition) is 7. The Morgan fingerprint density at radius 2 is 1.16 bits per heavy atom. The van der Waals surface area contributed by atoms with Crippen LogP contribution in [0.2, 0.25) is 0 Å². The standard InChI is InChI=1S/C15H28O10/c1-5(2)3-6-8(17)10(19)12(21)14(23-6)25-15-13(22)11(20)9(18)7(4-16)24-15/h5-22H,3-4H2,1-2H3/t6?,7?,8-,9-,10?,11?,12?,13?,14-,15-/m1/s1. The maximum Gasteiger partial charge on any atom is 0.189 e. The zero-order chi connectivity index (χ0) is 18.9. The van der Waals surface area contributed by atoms with Crippen LogP contribution in [-0.2, 0) is 14.2 Å². The van der Waals surface area contributed by atoms with Crippen molar-refractivity contribution in [3.63, 3.8) is 0 Å². The Kier molecular flexibility index (Phi) is 7.13. The van der Waals surface area contributed by atoms with E-state index < -0.39 is 68.0 Å². The SMILES string of the molecule is CC(C)CC1O[C@H](O[C@H]2OC(CO)[C@@H](O)C(O)C2O)C(O)C(O)[C@@H]1O. The Bertz CT molecular complexity index is 419. The van der Waals surface area contributed by atoms with Crippen LogP contribution in [0.3, 0.4) is 0 Å². The van der Waals surface area contributed by atoms with Crippen LogP contribution in [0.1, 0.15) is 20.3 Å². The molecule has 2 rings (SSSR count). The van der Waals surface area contributed by atoms with Gasteiger partial charge in [-0.25, -0.2) is 0 Å². The maximum absolute atomic E-state index is 10.1. The molecule has 0 spiro atoms. The molecule has 25 heavy (non-hydrogen) atoms. The lowest BCUT2D eigenvalue weighted by Crippen LogP contribution is -2.63. The van der Waals surface area contributed by atoms with Crippen LogP contribution in [-0.4, -0.2) is 104 Å². The van der Waals surface area contributed by atoms with Crippen molar-refractivity contribution >= 4 is 0 Å². The summed E-state index contributed by atoms with van der Waals surface area (Å²) < 4.78 is 16.0. The molecule has 2 aliphatic rings. The largest absolute Gasteiger partial charge is 0.394 e. The second-order valence-electron chi connectivity index (χ2n) is 6.98. The van der Waals surface area contributed by atoms with Gasteiger partial charge in [0, 0.05) is 0 Å². The number of aliphatic hydroxyl groups excluding tert-OH is 7. The Balaban J connectivity index is 2.08. The minimum Gasteiger partial charge on any atom is -0.394 e. The second-order valence-corrected chi connectivity index (χ2v) is 6.98. The minimum absolute atomic E-state index is 0.134. The first-order chi connectivity index (χ1) is 11.7. The van der Waals surface area contributed by atoms with E-state index in [2.05, 4.69) is 0 Å². The number of aliphatic hydroxyl groups is 7. The molecule has 2 fully saturated rings. The lowest BCUT2D eigenvalue weighted by molar-refractivity contribution is -0.375. The molecule has 0 bridgehead atoms. The number of ether oxygens (including phenoxy) is 3. The molecule has 2 heterocycles. The summed E-state index contributed by atoms with van der Waals surface area (Å²) >= 11 is 0. The third-order valence-corrected chi connectivity index (χ3v) is 4.49. The van der Waals surface area contributed by atoms with Crippen molar-refractivity contribution in [2.45, 2.75) is 81.7 Å². The van der Waals surface area contributed by atoms with Crippen LogP contribution in [0, 0.1) is 5.92 Å². The molecule has 10 heteroatoms. The van der Waals surface area contributed by atoms with Crippen molar-refractivity contribution in [2.75, 3.05) is 6.61 Å². The predicted octanol–water partition coefficient (Wildman–Crippen LogP) is -3.34. The fourth-order valence-electron chi connectivity index (χ4n) is 3.00. The average molecular weight is 368 g/mol. The topological polar surface area (TPSA) is 169 Å². The van der Waals surface area contributed by atoms with E-state index in [1.807, 2.05) is 13.8 Å². The molecule has 2 aliphatic heterocycles. The van der Waals surface area contributed by atoms with E-state index in [4.69, 9.17) is 14.2 Å². The monoisotopic (exact) mass is 368 g/mol. The van der Waals surface area contributed by atoms with Gasteiger partial charge in [-0.2, -0.15) is 0 Å². The first-order valence-corrected chi connectivity index (χ1v) is 8.33. The first kappa shape index (κ1) is 20.9. The molecule has 148 valence electrons. The van der Waals surface area contributed by atoms with Gasteiger partial charge in [0.2, 0.25) is 0 Å². The molecule has 7 N–H and O–H groups in total. The summed E-state index contributed by atoms with van der Waals surface area (Å²) in [6.45, 7) is 3.15. The molecule has 0 aromatic rings. The van der Waals surface area contributed by atoms with Crippen molar-refractivity contribution in [1.29, 1.82) is 0 Å². The summed E-state index contributed by atoms with van der Waals surface area (Å²) in [7, 11) is 0. The molecule has 0 saturated carbocycles. The molecule has 2 saturated heterocycles. The fourth-order valence-corrected chi connectivity index (χ4v) is 3.00. The van der Waals surface area contributed by atoms with Gasteiger partial charge in [-0.1, -0.05) is 13.8 Å². The van der Waals surface area contributed by atoms with Gasteiger partial charge < -0.3 is 50.0 Å². The summed E-state index contributed by atoms with van der Waals surface area (Å²) in [5, 5.41) is 68.7. The summed E-state index contributed by atoms with van der Waals surface area (Å²) in [6, 6.07) is 0. The molecule has 10 nitrogen and oxygen atoms in total. The summed E-state index contributed by atoms with van der Waals surface area (Å²) in [4.78, 5) is 0. The van der Waals surface area contributed by atoms with Crippen LogP contribution in [0.25, 0.3) is 0 Å². The average Bonchev–Trinajstić information content (AvgIpc) is 2.57. The highest BCUT2D eigenvalue weighted by atomic mass is 16.8. The third kappa shape index (κ3) is 4.48. The van der Waals surface area contributed by atoms with Gasteiger partial charge in [0.05, 0.1) is 12.7 Å². The zero-order valence-corrected chi connectivity index (χ0v) is 14.1. The molecule has 0 aromatic heterocycles. The van der Waals surface area contributed by atoms with Crippen LogP contribution in [0.5, 0.6) is 0 Å². The van der Waals surface area contributed by atoms with Crippen LogP contribution in [0.15, 0.2) is 0 Å². The zero-order valence-electron chi connectivity index (χ0n) is 14.1. The molecule has 6 unspecified atom stereocenters. The second kappa shape index (κ2) is 8.53. The van der Waals surface area contributed by atoms with Gasteiger partial charge in [-0.05, 0) is 12.3 Å². The van der Waals surface area contributed by atoms with E-state index in [1.165, 1.54) is 0 Å². The molecule has 10 atom stereocenters. The highest BCUT2D eigenvalue weighted by Gasteiger charge is 2.49. The van der Waals surface area contributed by atoms with Crippen LogP contribution in [0.4, 0.5) is 0 Å². The molecular formula is C15H28O10. The van der Waals surface area contributed by atoms with E-state index in [0.29, 0.717) is 6.42 Å². The van der Waals surface area contributed by atoms with Gasteiger partial charge in [-0.3, -0.25) is 0 Å². The smallest absolute Gasteiger partial charge is 0.189 e. The van der Waals surface area contributed by atoms with Gasteiger partial charge in [0.25, 0.3) is 0 Å². The number of rotatable bonds is 5. The Hall–Kier alpha value is -0.400. The summed E-state index contributed by atoms with van der Waals surface area (Å²) in [5.74, 6) is 0.134. The number of hydrogen-bond acceptors (Lipinski definition) is 10. The van der Waals surface area contributed by atoms with E-state index in [1.54, 1.807) is 0 Å². The van der Waals surface area contributed by atoms with Gasteiger partial charge in [0.15, 0.2) is 12.6 Å². The summed E-state index contributed by atoms with van der Waals surface area (Å²) in [6.07, 6.45) is -13.9. The molecule has 0 aromatic carbocycles. The van der Waals surface area contributed by atoms with Crippen molar-refractivity contribution in [3.8, 4) is 0 Å². The maximum atomic E-state index is 10.1. The molecular weight excluding hydrogens is 340 g/mol. The molecule has 0 radical (unpaired) electrons. The minimum atomic E-state index is -1.67. The Morgan fingerprint density at radius 3 is 1.60 bits per heavy atom. The normalized spacial score (nSPS) is 48.7. The highest BCUT2D eigenvalue weighted by molar-refractivity contribution is 4.92. The van der Waals surface area contributed by atoms with Gasteiger partial charge in [0.1, 0.15) is 42.7 Å². The Labute approximate surface area is 145 Å². The molecule has 0 aliphatic carbocycles. The van der Waals surface area contributed by atoms with E-state index >= 15 is 0 Å². The highest BCUT2D eigenvalue weighted by Crippen LogP contribution is 2.29. The fraction of sp³-hybridized carbons (Fsp3) is 1.00. The van der Waals surface area contributed by atoms with Gasteiger partial charge in [-0.15, -0.1) is 0 Å². The van der Waals surface area contributed by atoms with Gasteiger partial charge >= 0.3 is 0 Å². The quantitative estimate of drug-likeness (QED) is 0.260. The molecule has 0 amide bonds. The van der Waals surface area contributed by atoms with E-state index in [0.717, 1.165) is 0 Å². The lowest BCUT2D eigenvalue weighted by Gasteiger charge is -2.45. The predicted molar refractivity (Wildman–Crippen MR) is 81.0 cm³/mol. The van der Waals surface area contributed by atoms with Crippen LogP contribution < -0.4 is 0 Å². The van der Waals surface area contributed by atoms with Crippen molar-refractivity contribution < 1.29 is 50.0 Å². The van der Waals surface area contributed by atoms with E-state index in [9.17, 15) is 35.7 Å². The third-order valence-electron chi connectivity index (χ3n) is 4.49. The summed E-state index contributed by atoms with van der Waals surface area (Å²) in [5.41, 5.74) is 0. The first-order valence-electron chi connectivity index (χ1n) is 8.33. The Morgan fingerprint density at radius 1 is 0.720 bits per heavy atom. The van der Waals surface area contributed by atoms with Crippen molar-refractivity contribution in [3.05, 3.63) is 0 Å².